The predicted molar refractivity (Wildman–Crippen MR) is 113 cm³/mol. The summed E-state index contributed by atoms with van der Waals surface area (Å²) in [6.45, 7) is 5.61. The number of ether oxygens (including phenoxy) is 1. The molecule has 0 aliphatic heterocycles. The fourth-order valence-corrected chi connectivity index (χ4v) is 4.00. The van der Waals surface area contributed by atoms with E-state index in [9.17, 15) is 20.1 Å². The van der Waals surface area contributed by atoms with Crippen molar-refractivity contribution in [2.45, 2.75) is 89.1 Å². The van der Waals surface area contributed by atoms with Gasteiger partial charge in [0.15, 0.2) is 6.10 Å². The van der Waals surface area contributed by atoms with Gasteiger partial charge in [0.1, 0.15) is 0 Å². The van der Waals surface area contributed by atoms with Gasteiger partial charge in [-0.3, -0.25) is 0 Å². The summed E-state index contributed by atoms with van der Waals surface area (Å²) in [6.07, 6.45) is 14.5. The maximum atomic E-state index is 10.9. The lowest BCUT2D eigenvalue weighted by molar-refractivity contribution is -0.195. The van der Waals surface area contributed by atoms with Crippen LogP contribution in [-0.2, 0) is 9.53 Å². The molecule has 166 valence electrons. The summed E-state index contributed by atoms with van der Waals surface area (Å²) >= 11 is 0. The summed E-state index contributed by atoms with van der Waals surface area (Å²) in [4.78, 5) is 10.6. The first-order valence-corrected chi connectivity index (χ1v) is 10.8. The van der Waals surface area contributed by atoms with Crippen LogP contribution in [0.15, 0.2) is 37.1 Å². The molecule has 29 heavy (non-hydrogen) atoms. The van der Waals surface area contributed by atoms with Crippen LogP contribution in [0.1, 0.15) is 71.1 Å². The van der Waals surface area contributed by atoms with Crippen LogP contribution < -0.4 is 0 Å². The maximum absolute atomic E-state index is 10.9. The molecule has 1 saturated carbocycles. The molecule has 0 amide bonds. The maximum Gasteiger partial charge on any atom is 0.332 e. The van der Waals surface area contributed by atoms with E-state index in [2.05, 4.69) is 12.7 Å². The van der Waals surface area contributed by atoms with Crippen molar-refractivity contribution in [3.63, 3.8) is 0 Å². The number of hydrogen-bond donors (Lipinski definition) is 4. The predicted octanol–water partition coefficient (Wildman–Crippen LogP) is 3.92. The number of rotatable bonds is 15. The Kier molecular flexibility index (Phi) is 11.9. The number of carboxylic acids is 1. The van der Waals surface area contributed by atoms with Crippen molar-refractivity contribution < 1.29 is 30.0 Å². The monoisotopic (exact) mass is 410 g/mol. The number of aliphatic hydroxyl groups excluding tert-OH is 2. The lowest BCUT2D eigenvalue weighted by atomic mass is 9.87. The van der Waals surface area contributed by atoms with Crippen molar-refractivity contribution >= 4 is 5.97 Å². The molecule has 0 bridgehead atoms. The zero-order valence-electron chi connectivity index (χ0n) is 17.6. The highest BCUT2D eigenvalue weighted by atomic mass is 16.6. The van der Waals surface area contributed by atoms with Crippen molar-refractivity contribution in [2.75, 3.05) is 0 Å². The molecule has 6 heteroatoms. The third kappa shape index (κ3) is 9.15. The minimum Gasteiger partial charge on any atom is -0.479 e. The van der Waals surface area contributed by atoms with E-state index in [0.29, 0.717) is 19.3 Å². The summed E-state index contributed by atoms with van der Waals surface area (Å²) in [5, 5.41) is 38.8. The first-order chi connectivity index (χ1) is 13.8. The van der Waals surface area contributed by atoms with Crippen LogP contribution in [0.5, 0.6) is 0 Å². The van der Waals surface area contributed by atoms with Gasteiger partial charge in [0.05, 0.1) is 12.4 Å². The lowest BCUT2D eigenvalue weighted by Crippen LogP contribution is -2.36. The Morgan fingerprint density at radius 2 is 1.97 bits per heavy atom. The molecule has 4 N–H and O–H groups in total. The van der Waals surface area contributed by atoms with E-state index in [-0.39, 0.29) is 18.3 Å². The molecule has 0 radical (unpaired) electrons. The topological polar surface area (TPSA) is 107 Å². The minimum atomic E-state index is -1.28. The third-order valence-corrected chi connectivity index (χ3v) is 5.60. The van der Waals surface area contributed by atoms with Gasteiger partial charge in [-0.2, -0.15) is 0 Å². The highest BCUT2D eigenvalue weighted by molar-refractivity contribution is 5.71. The van der Waals surface area contributed by atoms with Crippen LogP contribution in [-0.4, -0.2) is 44.4 Å². The lowest BCUT2D eigenvalue weighted by Gasteiger charge is -2.31. The van der Waals surface area contributed by atoms with Gasteiger partial charge in [-0.1, -0.05) is 63.5 Å². The number of carbonyl (C=O) groups is 1. The van der Waals surface area contributed by atoms with Crippen LogP contribution >= 0.6 is 0 Å². The average molecular weight is 411 g/mol. The molecule has 0 aromatic rings. The normalized spacial score (nSPS) is 26.8. The Morgan fingerprint density at radius 3 is 2.62 bits per heavy atom. The van der Waals surface area contributed by atoms with Gasteiger partial charge in [-0.25, -0.2) is 4.79 Å². The second-order valence-corrected chi connectivity index (χ2v) is 7.85. The summed E-state index contributed by atoms with van der Waals surface area (Å²) < 4.78 is 5.48. The molecule has 0 aromatic heterocycles. The summed E-state index contributed by atoms with van der Waals surface area (Å²) in [5.74, 6) is -2.26. The van der Waals surface area contributed by atoms with E-state index in [1.54, 1.807) is 6.08 Å². The van der Waals surface area contributed by atoms with Crippen molar-refractivity contribution in [3.05, 3.63) is 37.1 Å². The molecule has 1 rings (SSSR count). The largest absolute Gasteiger partial charge is 0.479 e. The number of carboxylic acid groups (broad SMARTS) is 1. The number of aliphatic hydroxyl groups is 3. The van der Waals surface area contributed by atoms with Crippen molar-refractivity contribution in [2.24, 2.45) is 11.8 Å². The number of hydrogen-bond acceptors (Lipinski definition) is 5. The Balaban J connectivity index is 2.51. The van der Waals surface area contributed by atoms with Crippen LogP contribution in [0, 0.1) is 11.8 Å². The molecule has 1 aliphatic rings. The Bertz CT molecular complexity index is 543. The van der Waals surface area contributed by atoms with E-state index in [4.69, 9.17) is 9.84 Å². The first-order valence-electron chi connectivity index (χ1n) is 10.8. The van der Waals surface area contributed by atoms with Gasteiger partial charge in [0, 0.05) is 12.3 Å². The molecule has 5 atom stereocenters. The van der Waals surface area contributed by atoms with Crippen LogP contribution in [0.2, 0.25) is 0 Å². The SMILES string of the molecule is C=COC1(O)CC[C@H](C=CCC(O)C=CCC)[C@H]1CCCCCCC(O)C(=O)O. The molecule has 0 heterocycles. The molecule has 1 aliphatic carbocycles. The number of aliphatic carboxylic acids is 1. The van der Waals surface area contributed by atoms with E-state index in [1.165, 1.54) is 6.26 Å². The summed E-state index contributed by atoms with van der Waals surface area (Å²) in [5.41, 5.74) is 0. The van der Waals surface area contributed by atoms with E-state index < -0.39 is 24.0 Å². The van der Waals surface area contributed by atoms with Crippen molar-refractivity contribution in [1.82, 2.24) is 0 Å². The molecule has 0 spiro atoms. The Morgan fingerprint density at radius 1 is 1.24 bits per heavy atom. The second-order valence-electron chi connectivity index (χ2n) is 7.85. The molecule has 0 aromatic carbocycles. The highest BCUT2D eigenvalue weighted by Gasteiger charge is 2.47. The average Bonchev–Trinajstić information content (AvgIpc) is 2.98. The van der Waals surface area contributed by atoms with Gasteiger partial charge >= 0.3 is 5.97 Å². The van der Waals surface area contributed by atoms with Gasteiger partial charge < -0.3 is 25.2 Å². The fourth-order valence-electron chi connectivity index (χ4n) is 4.00. The first kappa shape index (κ1) is 25.4. The molecular weight excluding hydrogens is 372 g/mol. The quantitative estimate of drug-likeness (QED) is 0.141. The standard InChI is InChI=1S/C23H38O6/c1-3-5-12-19(24)13-10-11-18-16-17-23(28,29-4-2)20(18)14-8-6-7-9-15-21(25)22(26)27/h4-5,10-12,18-21,24-25,28H,2-3,6-9,13-17H2,1H3,(H,26,27)/t18-,19?,20+,21?,23?/m0/s1. The van der Waals surface area contributed by atoms with Crippen LogP contribution in [0.3, 0.4) is 0 Å². The Hall–Kier alpha value is -1.63. The van der Waals surface area contributed by atoms with Crippen LogP contribution in [0.4, 0.5) is 0 Å². The molecular formula is C23H38O6. The highest BCUT2D eigenvalue weighted by Crippen LogP contribution is 2.45. The molecule has 1 fully saturated rings. The van der Waals surface area contributed by atoms with Gasteiger partial charge in [-0.05, 0) is 38.0 Å². The fraction of sp³-hybridized carbons (Fsp3) is 0.696. The van der Waals surface area contributed by atoms with Crippen molar-refractivity contribution in [3.8, 4) is 0 Å². The zero-order valence-corrected chi connectivity index (χ0v) is 17.6. The number of unbranched alkanes of at least 4 members (excludes halogenated alkanes) is 3. The van der Waals surface area contributed by atoms with Crippen molar-refractivity contribution in [1.29, 1.82) is 0 Å². The second kappa shape index (κ2) is 13.6. The zero-order chi connectivity index (χ0) is 21.7. The van der Waals surface area contributed by atoms with Gasteiger partial charge in [0.25, 0.3) is 0 Å². The molecule has 0 saturated heterocycles. The smallest absolute Gasteiger partial charge is 0.332 e. The minimum absolute atomic E-state index is 0.0512. The third-order valence-electron chi connectivity index (χ3n) is 5.60. The van der Waals surface area contributed by atoms with Gasteiger partial charge in [-0.15, -0.1) is 0 Å². The Labute approximate surface area is 174 Å². The van der Waals surface area contributed by atoms with E-state index in [0.717, 1.165) is 38.5 Å². The summed E-state index contributed by atoms with van der Waals surface area (Å²) in [7, 11) is 0. The van der Waals surface area contributed by atoms with E-state index >= 15 is 0 Å². The van der Waals surface area contributed by atoms with Crippen LogP contribution in [0.25, 0.3) is 0 Å². The molecule has 6 nitrogen and oxygen atoms in total. The molecule has 3 unspecified atom stereocenters. The van der Waals surface area contributed by atoms with Gasteiger partial charge in [0.2, 0.25) is 5.79 Å². The summed E-state index contributed by atoms with van der Waals surface area (Å²) in [6, 6.07) is 0. The van der Waals surface area contributed by atoms with E-state index in [1.807, 2.05) is 19.1 Å². The number of allylic oxidation sites excluding steroid dienone is 2.